The number of benzene rings is 1. The molecule has 1 aromatic rings. The Hall–Kier alpha value is -1.10. The van der Waals surface area contributed by atoms with Crippen LogP contribution in [0.25, 0.3) is 0 Å². The molecule has 0 bridgehead atoms. The van der Waals surface area contributed by atoms with Crippen molar-refractivity contribution in [1.82, 2.24) is 0 Å². The Labute approximate surface area is 102 Å². The highest BCUT2D eigenvalue weighted by Gasteiger charge is 2.23. The van der Waals surface area contributed by atoms with Crippen LogP contribution in [0.2, 0.25) is 0 Å². The summed E-state index contributed by atoms with van der Waals surface area (Å²) in [5, 5.41) is 0. The van der Waals surface area contributed by atoms with Crippen LogP contribution in [0.15, 0.2) is 18.2 Å². The maximum Gasteiger partial charge on any atom is 0.121 e. The van der Waals surface area contributed by atoms with Crippen molar-refractivity contribution in [3.63, 3.8) is 0 Å². The van der Waals surface area contributed by atoms with E-state index in [1.807, 2.05) is 25.1 Å². The number of aryl methyl sites for hydroxylation is 1. The molecule has 0 radical (unpaired) electrons. The predicted molar refractivity (Wildman–Crippen MR) is 65.2 cm³/mol. The monoisotopic (exact) mass is 237 g/mol. The van der Waals surface area contributed by atoms with Crippen LogP contribution in [-0.2, 0) is 9.47 Å². The van der Waals surface area contributed by atoms with Gasteiger partial charge in [0.15, 0.2) is 0 Å². The van der Waals surface area contributed by atoms with Gasteiger partial charge in [0.1, 0.15) is 11.9 Å². The Morgan fingerprint density at radius 3 is 2.82 bits per heavy atom. The molecule has 17 heavy (non-hydrogen) atoms. The van der Waals surface area contributed by atoms with Crippen molar-refractivity contribution < 1.29 is 14.2 Å². The van der Waals surface area contributed by atoms with E-state index in [2.05, 4.69) is 0 Å². The molecular weight excluding hydrogens is 218 g/mol. The van der Waals surface area contributed by atoms with Crippen molar-refractivity contribution in [3.05, 3.63) is 29.3 Å². The van der Waals surface area contributed by atoms with Gasteiger partial charge in [-0.25, -0.2) is 0 Å². The number of ether oxygens (including phenoxy) is 3. The molecule has 0 spiro atoms. The molecular formula is C13H19NO3. The molecule has 1 aliphatic rings. The molecule has 0 saturated carbocycles. The fourth-order valence-corrected chi connectivity index (χ4v) is 2.04. The quantitative estimate of drug-likeness (QED) is 0.863. The van der Waals surface area contributed by atoms with Crippen molar-refractivity contribution in [2.45, 2.75) is 19.1 Å². The second-order valence-corrected chi connectivity index (χ2v) is 4.24. The summed E-state index contributed by atoms with van der Waals surface area (Å²) in [5.41, 5.74) is 8.32. The van der Waals surface area contributed by atoms with Crippen LogP contribution in [0.4, 0.5) is 0 Å². The van der Waals surface area contributed by atoms with Crippen molar-refractivity contribution in [3.8, 4) is 5.75 Å². The Bertz CT molecular complexity index is 375. The van der Waals surface area contributed by atoms with Gasteiger partial charge in [0.05, 0.1) is 33.0 Å². The molecule has 2 unspecified atom stereocenters. The number of methoxy groups -OCH3 is 1. The summed E-state index contributed by atoms with van der Waals surface area (Å²) in [6.45, 7) is 3.85. The van der Waals surface area contributed by atoms with E-state index in [0.29, 0.717) is 19.8 Å². The molecule has 1 saturated heterocycles. The average molecular weight is 237 g/mol. The summed E-state index contributed by atoms with van der Waals surface area (Å²) in [7, 11) is 1.67. The molecule has 1 heterocycles. The van der Waals surface area contributed by atoms with Crippen molar-refractivity contribution in [2.24, 2.45) is 5.73 Å². The fraction of sp³-hybridized carbons (Fsp3) is 0.538. The first-order chi connectivity index (χ1) is 8.22. The van der Waals surface area contributed by atoms with Crippen molar-refractivity contribution in [2.75, 3.05) is 26.9 Å². The molecule has 0 amide bonds. The van der Waals surface area contributed by atoms with Crippen LogP contribution in [0.3, 0.4) is 0 Å². The highest BCUT2D eigenvalue weighted by atomic mass is 16.6. The zero-order valence-electron chi connectivity index (χ0n) is 10.3. The van der Waals surface area contributed by atoms with Crippen LogP contribution in [0.5, 0.6) is 5.75 Å². The Morgan fingerprint density at radius 2 is 2.24 bits per heavy atom. The smallest absolute Gasteiger partial charge is 0.121 e. The minimum atomic E-state index is -0.153. The van der Waals surface area contributed by atoms with Crippen LogP contribution in [0.1, 0.15) is 17.2 Å². The third kappa shape index (κ3) is 2.77. The van der Waals surface area contributed by atoms with E-state index >= 15 is 0 Å². The van der Waals surface area contributed by atoms with Crippen LogP contribution in [-0.4, -0.2) is 33.0 Å². The Balaban J connectivity index is 2.12. The van der Waals surface area contributed by atoms with Gasteiger partial charge < -0.3 is 19.9 Å². The number of hydrogen-bond acceptors (Lipinski definition) is 4. The van der Waals surface area contributed by atoms with Gasteiger partial charge in [-0.15, -0.1) is 0 Å². The fourth-order valence-electron chi connectivity index (χ4n) is 2.04. The number of hydrogen-bond donors (Lipinski definition) is 1. The zero-order valence-corrected chi connectivity index (χ0v) is 10.3. The van der Waals surface area contributed by atoms with Gasteiger partial charge in [-0.2, -0.15) is 0 Å². The highest BCUT2D eigenvalue weighted by Crippen LogP contribution is 2.24. The summed E-state index contributed by atoms with van der Waals surface area (Å²) in [4.78, 5) is 0. The largest absolute Gasteiger partial charge is 0.496 e. The van der Waals surface area contributed by atoms with Gasteiger partial charge in [0, 0.05) is 0 Å². The maximum atomic E-state index is 6.18. The summed E-state index contributed by atoms with van der Waals surface area (Å²) < 4.78 is 16.2. The van der Waals surface area contributed by atoms with Gasteiger partial charge in [-0.3, -0.25) is 0 Å². The third-order valence-corrected chi connectivity index (χ3v) is 3.05. The minimum absolute atomic E-state index is 0.0588. The second-order valence-electron chi connectivity index (χ2n) is 4.24. The molecule has 2 rings (SSSR count). The van der Waals surface area contributed by atoms with E-state index in [4.69, 9.17) is 19.9 Å². The topological polar surface area (TPSA) is 53.7 Å². The molecule has 1 fully saturated rings. The standard InChI is InChI=1S/C13H19NO3/c1-9-7-10(3-4-11(9)15-2)13(14)12-8-16-5-6-17-12/h3-4,7,12-13H,5-6,8,14H2,1-2H3. The lowest BCUT2D eigenvalue weighted by Crippen LogP contribution is -2.37. The van der Waals surface area contributed by atoms with Crippen LogP contribution in [0, 0.1) is 6.92 Å². The first-order valence-electron chi connectivity index (χ1n) is 5.82. The summed E-state index contributed by atoms with van der Waals surface area (Å²) >= 11 is 0. The van der Waals surface area contributed by atoms with Crippen LogP contribution < -0.4 is 10.5 Å². The predicted octanol–water partition coefficient (Wildman–Crippen LogP) is 1.42. The molecule has 94 valence electrons. The summed E-state index contributed by atoms with van der Waals surface area (Å²) in [6.07, 6.45) is -0.0588. The average Bonchev–Trinajstić information content (AvgIpc) is 2.39. The van der Waals surface area contributed by atoms with E-state index in [-0.39, 0.29) is 12.1 Å². The van der Waals surface area contributed by atoms with E-state index in [1.54, 1.807) is 7.11 Å². The lowest BCUT2D eigenvalue weighted by atomic mass is 10.00. The highest BCUT2D eigenvalue weighted by molar-refractivity contribution is 5.37. The molecule has 2 atom stereocenters. The third-order valence-electron chi connectivity index (χ3n) is 3.05. The zero-order chi connectivity index (χ0) is 12.3. The van der Waals surface area contributed by atoms with E-state index < -0.39 is 0 Å². The Kier molecular flexibility index (Phi) is 3.99. The van der Waals surface area contributed by atoms with Crippen LogP contribution >= 0.6 is 0 Å². The second kappa shape index (κ2) is 5.49. The molecule has 2 N–H and O–H groups in total. The number of rotatable bonds is 3. The molecule has 4 nitrogen and oxygen atoms in total. The maximum absolute atomic E-state index is 6.18. The van der Waals surface area contributed by atoms with Gasteiger partial charge in [-0.1, -0.05) is 12.1 Å². The lowest BCUT2D eigenvalue weighted by molar-refractivity contribution is -0.0975. The minimum Gasteiger partial charge on any atom is -0.496 e. The first-order valence-corrected chi connectivity index (χ1v) is 5.82. The summed E-state index contributed by atoms with van der Waals surface area (Å²) in [6, 6.07) is 5.81. The van der Waals surface area contributed by atoms with Crippen molar-refractivity contribution >= 4 is 0 Å². The molecule has 1 aromatic carbocycles. The van der Waals surface area contributed by atoms with Gasteiger partial charge in [0.2, 0.25) is 0 Å². The summed E-state index contributed by atoms with van der Waals surface area (Å²) in [5.74, 6) is 0.877. The SMILES string of the molecule is COc1ccc(C(N)C2COCCO2)cc1C. The number of nitrogens with two attached hydrogens (primary N) is 1. The van der Waals surface area contributed by atoms with Gasteiger partial charge in [-0.05, 0) is 24.1 Å². The van der Waals surface area contributed by atoms with Gasteiger partial charge in [0.25, 0.3) is 0 Å². The molecule has 0 aromatic heterocycles. The molecule has 1 aliphatic heterocycles. The van der Waals surface area contributed by atoms with Gasteiger partial charge >= 0.3 is 0 Å². The Morgan fingerprint density at radius 1 is 1.41 bits per heavy atom. The van der Waals surface area contributed by atoms with E-state index in [1.165, 1.54) is 0 Å². The lowest BCUT2D eigenvalue weighted by Gasteiger charge is -2.28. The normalized spacial score (nSPS) is 22.2. The molecule has 0 aliphatic carbocycles. The van der Waals surface area contributed by atoms with E-state index in [9.17, 15) is 0 Å². The van der Waals surface area contributed by atoms with E-state index in [0.717, 1.165) is 16.9 Å². The van der Waals surface area contributed by atoms with Crippen molar-refractivity contribution in [1.29, 1.82) is 0 Å². The first kappa shape index (κ1) is 12.4. The molecule has 4 heteroatoms.